The number of likely N-dealkylation sites (tertiary alicyclic amines) is 1. The zero-order valence-corrected chi connectivity index (χ0v) is 16.3. The molecule has 144 valence electrons. The summed E-state index contributed by atoms with van der Waals surface area (Å²) in [5.74, 6) is 0.414. The van der Waals surface area contributed by atoms with Crippen LogP contribution in [0, 0.1) is 5.82 Å². The molecule has 1 aliphatic heterocycles. The van der Waals surface area contributed by atoms with Crippen molar-refractivity contribution in [1.82, 2.24) is 4.90 Å². The molecule has 0 bridgehead atoms. The second-order valence-electron chi connectivity index (χ2n) is 6.98. The number of hydrogen-bond donors (Lipinski definition) is 0. The summed E-state index contributed by atoms with van der Waals surface area (Å²) in [6.45, 7) is 1.15. The monoisotopic (exact) mass is 395 g/mol. The van der Waals surface area contributed by atoms with Gasteiger partial charge in [0.2, 0.25) is 0 Å². The minimum absolute atomic E-state index is 0.0894. The van der Waals surface area contributed by atoms with Gasteiger partial charge >= 0.3 is 0 Å². The minimum Gasteiger partial charge on any atom is -0.489 e. The molecule has 1 aromatic heterocycles. The van der Waals surface area contributed by atoms with Crippen LogP contribution in [0.3, 0.4) is 0 Å². The van der Waals surface area contributed by atoms with Gasteiger partial charge < -0.3 is 9.64 Å². The molecule has 1 atom stereocenters. The quantitative estimate of drug-likeness (QED) is 0.544. The van der Waals surface area contributed by atoms with E-state index in [9.17, 15) is 9.18 Å². The number of thiophene rings is 1. The van der Waals surface area contributed by atoms with Gasteiger partial charge in [-0.05, 0) is 60.5 Å². The minimum atomic E-state index is -0.287. The highest BCUT2D eigenvalue weighted by molar-refractivity contribution is 7.12. The Morgan fingerprint density at radius 3 is 2.68 bits per heavy atom. The molecule has 3 nitrogen and oxygen atoms in total. The van der Waals surface area contributed by atoms with Crippen LogP contribution in [0.4, 0.5) is 4.39 Å². The Kier molecular flexibility index (Phi) is 5.72. The van der Waals surface area contributed by atoms with E-state index in [0.717, 1.165) is 36.2 Å². The highest BCUT2D eigenvalue weighted by Gasteiger charge is 2.29. The summed E-state index contributed by atoms with van der Waals surface area (Å²) < 4.78 is 18.7. The van der Waals surface area contributed by atoms with Crippen molar-refractivity contribution in [2.24, 2.45) is 0 Å². The Balaban J connectivity index is 1.44. The van der Waals surface area contributed by atoms with Crippen LogP contribution >= 0.6 is 11.3 Å². The third-order valence-electron chi connectivity index (χ3n) is 5.03. The van der Waals surface area contributed by atoms with Crippen LogP contribution in [0.25, 0.3) is 0 Å². The van der Waals surface area contributed by atoms with E-state index in [4.69, 9.17) is 4.74 Å². The van der Waals surface area contributed by atoms with Crippen LogP contribution in [0.1, 0.15) is 46.1 Å². The number of nitrogens with zero attached hydrogens (tertiary/aromatic N) is 1. The van der Waals surface area contributed by atoms with Crippen LogP contribution in [-0.4, -0.2) is 17.4 Å². The van der Waals surface area contributed by atoms with E-state index in [1.54, 1.807) is 12.1 Å². The first-order valence-corrected chi connectivity index (χ1v) is 10.4. The summed E-state index contributed by atoms with van der Waals surface area (Å²) in [4.78, 5) is 15.9. The molecule has 0 spiro atoms. The second-order valence-corrected chi connectivity index (χ2v) is 7.89. The van der Waals surface area contributed by atoms with Crippen LogP contribution in [0.2, 0.25) is 0 Å². The Morgan fingerprint density at radius 2 is 1.89 bits per heavy atom. The molecular formula is C23H22FNO2S. The van der Waals surface area contributed by atoms with Crippen molar-refractivity contribution in [2.45, 2.75) is 31.9 Å². The van der Waals surface area contributed by atoms with Gasteiger partial charge in [-0.3, -0.25) is 4.79 Å². The zero-order valence-electron chi connectivity index (χ0n) is 15.5. The topological polar surface area (TPSA) is 29.5 Å². The standard InChI is InChI=1S/C23H22FNO2S/c24-19-9-11-20(12-10-19)27-15-17-14-22(28-16-17)23(26)25-13-5-4-8-21(25)18-6-2-1-3-7-18/h1-3,6-7,9-12,14,16,21H,4-5,8,13,15H2. The van der Waals surface area contributed by atoms with Gasteiger partial charge in [-0.25, -0.2) is 4.39 Å². The summed E-state index contributed by atoms with van der Waals surface area (Å²) >= 11 is 1.45. The SMILES string of the molecule is O=C(c1cc(COc2ccc(F)cc2)cs1)N1CCCCC1c1ccccc1. The lowest BCUT2D eigenvalue weighted by atomic mass is 9.95. The van der Waals surface area contributed by atoms with Crippen molar-refractivity contribution >= 4 is 17.2 Å². The van der Waals surface area contributed by atoms with Gasteiger partial charge in [0.25, 0.3) is 5.91 Å². The predicted molar refractivity (Wildman–Crippen MR) is 109 cm³/mol. The maximum atomic E-state index is 13.2. The molecule has 0 radical (unpaired) electrons. The molecule has 1 amide bonds. The maximum absolute atomic E-state index is 13.2. The van der Waals surface area contributed by atoms with Crippen LogP contribution < -0.4 is 4.74 Å². The van der Waals surface area contributed by atoms with Gasteiger partial charge in [0.15, 0.2) is 0 Å². The normalized spacial score (nSPS) is 16.8. The Bertz CT molecular complexity index is 923. The van der Waals surface area contributed by atoms with Crippen LogP contribution in [-0.2, 0) is 6.61 Å². The van der Waals surface area contributed by atoms with Crippen LogP contribution in [0.15, 0.2) is 66.0 Å². The van der Waals surface area contributed by atoms with E-state index in [1.807, 2.05) is 34.5 Å². The maximum Gasteiger partial charge on any atom is 0.264 e. The summed E-state index contributed by atoms with van der Waals surface area (Å²) in [7, 11) is 0. The lowest BCUT2D eigenvalue weighted by Crippen LogP contribution is -2.38. The Hall–Kier alpha value is -2.66. The molecule has 1 unspecified atom stereocenters. The summed E-state index contributed by atoms with van der Waals surface area (Å²) in [6.07, 6.45) is 3.19. The molecule has 0 N–H and O–H groups in total. The molecule has 0 saturated carbocycles. The third kappa shape index (κ3) is 4.25. The fraction of sp³-hybridized carbons (Fsp3) is 0.261. The van der Waals surface area contributed by atoms with Crippen molar-refractivity contribution in [3.05, 3.63) is 87.9 Å². The third-order valence-corrected chi connectivity index (χ3v) is 6.00. The molecule has 5 heteroatoms. The number of amides is 1. The zero-order chi connectivity index (χ0) is 19.3. The number of hydrogen-bond acceptors (Lipinski definition) is 3. The van der Waals surface area contributed by atoms with Crippen molar-refractivity contribution < 1.29 is 13.9 Å². The van der Waals surface area contributed by atoms with E-state index in [-0.39, 0.29) is 17.8 Å². The Labute approximate surface area is 168 Å². The smallest absolute Gasteiger partial charge is 0.264 e. The number of rotatable bonds is 5. The van der Waals surface area contributed by atoms with E-state index in [1.165, 1.54) is 29.0 Å². The van der Waals surface area contributed by atoms with Crippen molar-refractivity contribution in [3.8, 4) is 5.75 Å². The van der Waals surface area contributed by atoms with Gasteiger partial charge in [0.05, 0.1) is 10.9 Å². The molecule has 2 aromatic carbocycles. The average molecular weight is 395 g/mol. The molecule has 1 saturated heterocycles. The molecular weight excluding hydrogens is 373 g/mol. The van der Waals surface area contributed by atoms with Crippen LogP contribution in [0.5, 0.6) is 5.75 Å². The number of halogens is 1. The molecule has 0 aliphatic carbocycles. The van der Waals surface area contributed by atoms with Gasteiger partial charge in [-0.1, -0.05) is 30.3 Å². The van der Waals surface area contributed by atoms with Gasteiger partial charge in [0, 0.05) is 12.1 Å². The number of carbonyl (C=O) groups is 1. The number of piperidine rings is 1. The largest absolute Gasteiger partial charge is 0.489 e. The summed E-state index contributed by atoms with van der Waals surface area (Å²) in [6, 6.07) is 18.3. The average Bonchev–Trinajstić information content (AvgIpc) is 3.22. The van der Waals surface area contributed by atoms with E-state index < -0.39 is 0 Å². The summed E-state index contributed by atoms with van der Waals surface area (Å²) in [5, 5.41) is 1.96. The van der Waals surface area contributed by atoms with E-state index >= 15 is 0 Å². The Morgan fingerprint density at radius 1 is 1.11 bits per heavy atom. The van der Waals surface area contributed by atoms with Crippen molar-refractivity contribution in [3.63, 3.8) is 0 Å². The van der Waals surface area contributed by atoms with Crippen molar-refractivity contribution in [1.29, 1.82) is 0 Å². The van der Waals surface area contributed by atoms with Crippen molar-refractivity contribution in [2.75, 3.05) is 6.54 Å². The lowest BCUT2D eigenvalue weighted by molar-refractivity contribution is 0.0616. The van der Waals surface area contributed by atoms with Gasteiger partial charge in [0.1, 0.15) is 18.2 Å². The first kappa shape index (κ1) is 18.7. The molecule has 1 aliphatic rings. The first-order valence-electron chi connectivity index (χ1n) is 9.52. The fourth-order valence-corrected chi connectivity index (χ4v) is 4.45. The molecule has 1 fully saturated rings. The van der Waals surface area contributed by atoms with Gasteiger partial charge in [-0.15, -0.1) is 11.3 Å². The molecule has 4 rings (SSSR count). The predicted octanol–water partition coefficient (Wildman–Crippen LogP) is 5.83. The van der Waals surface area contributed by atoms with E-state index in [0.29, 0.717) is 12.4 Å². The molecule has 28 heavy (non-hydrogen) atoms. The number of benzene rings is 2. The number of ether oxygens (including phenoxy) is 1. The highest BCUT2D eigenvalue weighted by Crippen LogP contribution is 2.33. The van der Waals surface area contributed by atoms with Gasteiger partial charge in [-0.2, -0.15) is 0 Å². The molecule has 3 aromatic rings. The fourth-order valence-electron chi connectivity index (χ4n) is 3.60. The first-order chi connectivity index (χ1) is 13.7. The molecule has 2 heterocycles. The number of carbonyl (C=O) groups excluding carboxylic acids is 1. The second kappa shape index (κ2) is 8.57. The highest BCUT2D eigenvalue weighted by atomic mass is 32.1. The summed E-state index contributed by atoms with van der Waals surface area (Å²) in [5.41, 5.74) is 2.15. The lowest BCUT2D eigenvalue weighted by Gasteiger charge is -2.36. The van der Waals surface area contributed by atoms with E-state index in [2.05, 4.69) is 12.1 Å².